The van der Waals surface area contributed by atoms with Crippen LogP contribution in [0.1, 0.15) is 16.8 Å². The van der Waals surface area contributed by atoms with Gasteiger partial charge in [0.2, 0.25) is 0 Å². The van der Waals surface area contributed by atoms with Crippen LogP contribution in [-0.4, -0.2) is 25.1 Å². The third kappa shape index (κ3) is 1.57. The van der Waals surface area contributed by atoms with Gasteiger partial charge < -0.3 is 9.47 Å². The SMILES string of the molecule is O=C1c2cc(Br)ccc2OC2CCOC[C@H]12. The fraction of sp³-hybridized carbons (Fsp3) is 0.417. The Kier molecular flexibility index (Phi) is 2.48. The number of hydrogen-bond donors (Lipinski definition) is 0. The topological polar surface area (TPSA) is 35.5 Å². The van der Waals surface area contributed by atoms with E-state index in [9.17, 15) is 4.79 Å². The molecule has 84 valence electrons. The molecule has 1 saturated heterocycles. The third-order valence-corrected chi connectivity index (χ3v) is 3.61. The van der Waals surface area contributed by atoms with Gasteiger partial charge >= 0.3 is 0 Å². The summed E-state index contributed by atoms with van der Waals surface area (Å²) in [4.78, 5) is 12.2. The summed E-state index contributed by atoms with van der Waals surface area (Å²) in [7, 11) is 0. The molecule has 0 N–H and O–H groups in total. The van der Waals surface area contributed by atoms with Gasteiger partial charge in [0, 0.05) is 10.9 Å². The second-order valence-electron chi connectivity index (χ2n) is 4.13. The maximum absolute atomic E-state index is 12.2. The van der Waals surface area contributed by atoms with Gasteiger partial charge in [-0.05, 0) is 18.2 Å². The molecule has 0 aliphatic carbocycles. The molecule has 0 spiro atoms. The quantitative estimate of drug-likeness (QED) is 0.733. The van der Waals surface area contributed by atoms with E-state index in [0.29, 0.717) is 24.5 Å². The molecule has 0 aromatic heterocycles. The molecule has 0 bridgehead atoms. The van der Waals surface area contributed by atoms with E-state index in [4.69, 9.17) is 9.47 Å². The van der Waals surface area contributed by atoms with Crippen molar-refractivity contribution in [1.82, 2.24) is 0 Å². The number of hydrogen-bond acceptors (Lipinski definition) is 3. The van der Waals surface area contributed by atoms with Crippen LogP contribution >= 0.6 is 15.9 Å². The Morgan fingerprint density at radius 1 is 1.38 bits per heavy atom. The van der Waals surface area contributed by atoms with Crippen molar-refractivity contribution in [2.45, 2.75) is 12.5 Å². The highest BCUT2D eigenvalue weighted by atomic mass is 79.9. The van der Waals surface area contributed by atoms with Gasteiger partial charge in [-0.2, -0.15) is 0 Å². The molecule has 16 heavy (non-hydrogen) atoms. The van der Waals surface area contributed by atoms with Crippen molar-refractivity contribution in [2.24, 2.45) is 5.92 Å². The lowest BCUT2D eigenvalue weighted by Crippen LogP contribution is -2.44. The van der Waals surface area contributed by atoms with Crippen LogP contribution in [0.3, 0.4) is 0 Å². The van der Waals surface area contributed by atoms with Crippen molar-refractivity contribution in [2.75, 3.05) is 13.2 Å². The Hall–Kier alpha value is -0.870. The Labute approximate surface area is 102 Å². The molecular formula is C12H11BrO3. The molecule has 0 amide bonds. The van der Waals surface area contributed by atoms with Crippen molar-refractivity contribution < 1.29 is 14.3 Å². The van der Waals surface area contributed by atoms with E-state index < -0.39 is 0 Å². The molecule has 2 aliphatic rings. The summed E-state index contributed by atoms with van der Waals surface area (Å²) < 4.78 is 12.1. The van der Waals surface area contributed by atoms with Crippen LogP contribution in [0.4, 0.5) is 0 Å². The standard InChI is InChI=1S/C12H11BrO3/c13-7-1-2-10-8(5-7)12(14)9-6-15-4-3-11(9)16-10/h1-2,5,9,11H,3-4,6H2/t9-,11?/m0/s1. The molecule has 1 unspecified atom stereocenters. The smallest absolute Gasteiger partial charge is 0.175 e. The monoisotopic (exact) mass is 282 g/mol. The minimum Gasteiger partial charge on any atom is -0.489 e. The van der Waals surface area contributed by atoms with E-state index in [1.165, 1.54) is 0 Å². The van der Waals surface area contributed by atoms with Crippen LogP contribution in [0.25, 0.3) is 0 Å². The van der Waals surface area contributed by atoms with Gasteiger partial charge in [-0.3, -0.25) is 4.79 Å². The Balaban J connectivity index is 2.03. The van der Waals surface area contributed by atoms with E-state index in [1.807, 2.05) is 18.2 Å². The number of benzene rings is 1. The van der Waals surface area contributed by atoms with Crippen LogP contribution in [0.15, 0.2) is 22.7 Å². The first-order chi connectivity index (χ1) is 7.75. The first kappa shape index (κ1) is 10.3. The minimum absolute atomic E-state index is 0.00470. The van der Waals surface area contributed by atoms with Gasteiger partial charge in [0.1, 0.15) is 11.9 Å². The van der Waals surface area contributed by atoms with Gasteiger partial charge in [0.05, 0.1) is 24.7 Å². The summed E-state index contributed by atoms with van der Waals surface area (Å²) in [6, 6.07) is 5.57. The molecule has 0 saturated carbocycles. The summed E-state index contributed by atoms with van der Waals surface area (Å²) >= 11 is 3.37. The molecule has 2 aliphatic heterocycles. The van der Waals surface area contributed by atoms with Crippen molar-refractivity contribution in [3.63, 3.8) is 0 Å². The Bertz CT molecular complexity index is 444. The fourth-order valence-electron chi connectivity index (χ4n) is 2.26. The maximum atomic E-state index is 12.2. The van der Waals surface area contributed by atoms with Crippen LogP contribution < -0.4 is 4.74 Å². The predicted molar refractivity (Wildman–Crippen MR) is 61.8 cm³/mol. The van der Waals surface area contributed by atoms with Gasteiger partial charge in [-0.1, -0.05) is 15.9 Å². The third-order valence-electron chi connectivity index (χ3n) is 3.12. The summed E-state index contributed by atoms with van der Waals surface area (Å²) in [6.45, 7) is 1.16. The first-order valence-electron chi connectivity index (χ1n) is 5.34. The van der Waals surface area contributed by atoms with E-state index >= 15 is 0 Å². The average Bonchev–Trinajstić information content (AvgIpc) is 2.31. The second kappa shape index (κ2) is 3.86. The molecule has 3 nitrogen and oxygen atoms in total. The van der Waals surface area contributed by atoms with E-state index in [0.717, 1.165) is 10.9 Å². The zero-order valence-corrected chi connectivity index (χ0v) is 10.2. The van der Waals surface area contributed by atoms with Crippen molar-refractivity contribution in [3.8, 4) is 5.75 Å². The summed E-state index contributed by atoms with van der Waals surface area (Å²) in [5.74, 6) is 0.721. The maximum Gasteiger partial charge on any atom is 0.175 e. The van der Waals surface area contributed by atoms with Crippen molar-refractivity contribution >= 4 is 21.7 Å². The molecule has 3 rings (SSSR count). The van der Waals surface area contributed by atoms with Gasteiger partial charge in [-0.15, -0.1) is 0 Å². The lowest BCUT2D eigenvalue weighted by atomic mass is 9.87. The van der Waals surface area contributed by atoms with Crippen LogP contribution in [0.2, 0.25) is 0 Å². The first-order valence-corrected chi connectivity index (χ1v) is 6.13. The lowest BCUT2D eigenvalue weighted by molar-refractivity contribution is -0.0212. The Morgan fingerprint density at radius 3 is 3.12 bits per heavy atom. The predicted octanol–water partition coefficient (Wildman–Crippen LogP) is 2.43. The molecule has 1 aromatic carbocycles. The van der Waals surface area contributed by atoms with Gasteiger partial charge in [-0.25, -0.2) is 0 Å². The number of ether oxygens (including phenoxy) is 2. The van der Waals surface area contributed by atoms with Crippen LogP contribution in [0, 0.1) is 5.92 Å². The van der Waals surface area contributed by atoms with E-state index in [1.54, 1.807) is 0 Å². The normalized spacial score (nSPS) is 27.9. The minimum atomic E-state index is -0.129. The molecule has 2 atom stereocenters. The van der Waals surface area contributed by atoms with Crippen molar-refractivity contribution in [3.05, 3.63) is 28.2 Å². The highest BCUT2D eigenvalue weighted by Gasteiger charge is 2.39. The highest BCUT2D eigenvalue weighted by Crippen LogP contribution is 2.35. The second-order valence-corrected chi connectivity index (χ2v) is 5.05. The molecule has 0 radical (unpaired) electrons. The number of carbonyl (C=O) groups is 1. The fourth-order valence-corrected chi connectivity index (χ4v) is 2.63. The lowest BCUT2D eigenvalue weighted by Gasteiger charge is -2.35. The largest absolute Gasteiger partial charge is 0.489 e. The Morgan fingerprint density at radius 2 is 2.25 bits per heavy atom. The van der Waals surface area contributed by atoms with Gasteiger partial charge in [0.25, 0.3) is 0 Å². The summed E-state index contributed by atoms with van der Waals surface area (Å²) in [5.41, 5.74) is 0.668. The zero-order valence-electron chi connectivity index (χ0n) is 8.61. The van der Waals surface area contributed by atoms with E-state index in [-0.39, 0.29) is 17.8 Å². The van der Waals surface area contributed by atoms with Crippen LogP contribution in [-0.2, 0) is 4.74 Å². The number of fused-ring (bicyclic) bond motifs is 2. The van der Waals surface area contributed by atoms with Gasteiger partial charge in [0.15, 0.2) is 5.78 Å². The summed E-state index contributed by atoms with van der Waals surface area (Å²) in [6.07, 6.45) is 0.793. The number of rotatable bonds is 0. The summed E-state index contributed by atoms with van der Waals surface area (Å²) in [5, 5.41) is 0. The van der Waals surface area contributed by atoms with Crippen LogP contribution in [0.5, 0.6) is 5.75 Å². The van der Waals surface area contributed by atoms with Crippen molar-refractivity contribution in [1.29, 1.82) is 0 Å². The molecule has 1 fully saturated rings. The molecule has 1 aromatic rings. The van der Waals surface area contributed by atoms with E-state index in [2.05, 4.69) is 15.9 Å². The zero-order chi connectivity index (χ0) is 11.1. The number of Topliss-reactive ketones (excluding diaryl/α,β-unsaturated/α-hetero) is 1. The molecule has 2 heterocycles. The molecule has 4 heteroatoms. The molecular weight excluding hydrogens is 272 g/mol. The number of carbonyl (C=O) groups excluding carboxylic acids is 1. The number of ketones is 1. The highest BCUT2D eigenvalue weighted by molar-refractivity contribution is 9.10. The average molecular weight is 283 g/mol. The number of halogens is 1.